The predicted molar refractivity (Wildman–Crippen MR) is 84.1 cm³/mol. The van der Waals surface area contributed by atoms with Gasteiger partial charge in [-0.2, -0.15) is 0 Å². The van der Waals surface area contributed by atoms with Crippen molar-refractivity contribution in [3.05, 3.63) is 28.2 Å². The Labute approximate surface area is 137 Å². The average molecular weight is 393 g/mol. The molecule has 0 aliphatic rings. The van der Waals surface area contributed by atoms with Gasteiger partial charge in [-0.25, -0.2) is 12.7 Å². The van der Waals surface area contributed by atoms with Crippen LogP contribution in [0.25, 0.3) is 0 Å². The molecule has 0 fully saturated rings. The third-order valence-electron chi connectivity index (χ3n) is 2.94. The van der Waals surface area contributed by atoms with Gasteiger partial charge in [0.1, 0.15) is 0 Å². The zero-order valence-corrected chi connectivity index (χ0v) is 14.7. The second-order valence-electron chi connectivity index (χ2n) is 4.88. The summed E-state index contributed by atoms with van der Waals surface area (Å²) in [5.74, 6) is -2.18. The summed E-state index contributed by atoms with van der Waals surface area (Å²) in [4.78, 5) is 22.7. The smallest absolute Gasteiger partial charge is 0.308 e. The summed E-state index contributed by atoms with van der Waals surface area (Å²) in [5, 5.41) is 11.2. The SMILES string of the molecule is CC(CNC(=O)c1ccc(S(=O)(=O)N(C)C)c(Br)c1)C(=O)O. The Morgan fingerprint density at radius 1 is 1.36 bits per heavy atom. The lowest BCUT2D eigenvalue weighted by molar-refractivity contribution is -0.140. The molecule has 0 heterocycles. The number of nitrogens with one attached hydrogen (secondary N) is 1. The Kier molecular flexibility index (Phi) is 6.09. The van der Waals surface area contributed by atoms with Crippen LogP contribution in [0.3, 0.4) is 0 Å². The van der Waals surface area contributed by atoms with Crippen LogP contribution < -0.4 is 5.32 Å². The lowest BCUT2D eigenvalue weighted by atomic mass is 10.1. The van der Waals surface area contributed by atoms with Crippen LogP contribution in [0.2, 0.25) is 0 Å². The molecular formula is C13H17BrN2O5S. The summed E-state index contributed by atoms with van der Waals surface area (Å²) in [7, 11) is -0.785. The second-order valence-corrected chi connectivity index (χ2v) is 7.86. The first-order chi connectivity index (χ1) is 10.1. The molecule has 0 aliphatic carbocycles. The third-order valence-corrected chi connectivity index (χ3v) is 5.73. The van der Waals surface area contributed by atoms with E-state index in [-0.39, 0.29) is 21.5 Å². The fourth-order valence-corrected chi connectivity index (χ4v) is 3.41. The van der Waals surface area contributed by atoms with E-state index < -0.39 is 27.8 Å². The van der Waals surface area contributed by atoms with Crippen molar-refractivity contribution in [2.24, 2.45) is 5.92 Å². The maximum Gasteiger partial charge on any atom is 0.308 e. The highest BCUT2D eigenvalue weighted by Gasteiger charge is 2.21. The number of carbonyl (C=O) groups excluding carboxylic acids is 1. The van der Waals surface area contributed by atoms with Crippen molar-refractivity contribution in [3.63, 3.8) is 0 Å². The van der Waals surface area contributed by atoms with Gasteiger partial charge in [0.2, 0.25) is 10.0 Å². The van der Waals surface area contributed by atoms with Gasteiger partial charge < -0.3 is 10.4 Å². The zero-order valence-electron chi connectivity index (χ0n) is 12.3. The molecule has 0 spiro atoms. The maximum atomic E-state index is 12.1. The lowest BCUT2D eigenvalue weighted by Crippen LogP contribution is -2.31. The van der Waals surface area contributed by atoms with Gasteiger partial charge in [0.05, 0.1) is 10.8 Å². The number of nitrogens with zero attached hydrogens (tertiary/aromatic N) is 1. The molecule has 22 heavy (non-hydrogen) atoms. The molecule has 0 aliphatic heterocycles. The summed E-state index contributed by atoms with van der Waals surface area (Å²) < 4.78 is 25.4. The van der Waals surface area contributed by atoms with Crippen molar-refractivity contribution in [1.29, 1.82) is 0 Å². The number of sulfonamides is 1. The first-order valence-corrected chi connectivity index (χ1v) is 8.53. The second kappa shape index (κ2) is 7.21. The number of carboxylic acids is 1. The number of amides is 1. The van der Waals surface area contributed by atoms with Crippen LogP contribution in [0.15, 0.2) is 27.6 Å². The van der Waals surface area contributed by atoms with Gasteiger partial charge in [-0.05, 0) is 34.1 Å². The molecule has 0 radical (unpaired) electrons. The number of aliphatic carboxylic acids is 1. The summed E-state index contributed by atoms with van der Waals surface area (Å²) in [5.41, 5.74) is 0.238. The van der Waals surface area contributed by atoms with E-state index >= 15 is 0 Å². The molecule has 9 heteroatoms. The van der Waals surface area contributed by atoms with Crippen LogP contribution in [0.1, 0.15) is 17.3 Å². The van der Waals surface area contributed by atoms with E-state index in [2.05, 4.69) is 21.2 Å². The Morgan fingerprint density at radius 2 is 1.95 bits per heavy atom. The number of carbonyl (C=O) groups is 2. The van der Waals surface area contributed by atoms with Gasteiger partial charge in [-0.3, -0.25) is 9.59 Å². The van der Waals surface area contributed by atoms with Crippen molar-refractivity contribution in [1.82, 2.24) is 9.62 Å². The van der Waals surface area contributed by atoms with Crippen LogP contribution in [0, 0.1) is 5.92 Å². The molecule has 0 bridgehead atoms. The number of rotatable bonds is 6. The molecule has 2 N–H and O–H groups in total. The highest BCUT2D eigenvalue weighted by atomic mass is 79.9. The number of benzene rings is 1. The molecule has 0 saturated carbocycles. The number of hydrogen-bond acceptors (Lipinski definition) is 4. The number of carboxylic acid groups (broad SMARTS) is 1. The van der Waals surface area contributed by atoms with Gasteiger partial charge in [0.15, 0.2) is 0 Å². The topological polar surface area (TPSA) is 104 Å². The molecule has 1 rings (SSSR count). The molecule has 1 amide bonds. The van der Waals surface area contributed by atoms with E-state index in [1.54, 1.807) is 0 Å². The highest BCUT2D eigenvalue weighted by Crippen LogP contribution is 2.25. The minimum Gasteiger partial charge on any atom is -0.481 e. The summed E-state index contributed by atoms with van der Waals surface area (Å²) in [6.45, 7) is 1.47. The number of halogens is 1. The Hall–Kier alpha value is -1.45. The summed E-state index contributed by atoms with van der Waals surface area (Å²) in [6, 6.07) is 4.09. The van der Waals surface area contributed by atoms with Crippen LogP contribution in [-0.4, -0.2) is 50.3 Å². The van der Waals surface area contributed by atoms with E-state index in [0.29, 0.717) is 0 Å². The molecule has 1 aromatic carbocycles. The molecule has 1 atom stereocenters. The third kappa shape index (κ3) is 4.28. The molecule has 7 nitrogen and oxygen atoms in total. The first-order valence-electron chi connectivity index (χ1n) is 6.30. The fourth-order valence-electron chi connectivity index (χ4n) is 1.48. The van der Waals surface area contributed by atoms with Crippen molar-refractivity contribution in [2.45, 2.75) is 11.8 Å². The van der Waals surface area contributed by atoms with Crippen molar-refractivity contribution >= 4 is 37.8 Å². The van der Waals surface area contributed by atoms with Gasteiger partial charge in [0, 0.05) is 30.7 Å². The van der Waals surface area contributed by atoms with E-state index in [1.165, 1.54) is 39.2 Å². The van der Waals surface area contributed by atoms with Crippen LogP contribution in [-0.2, 0) is 14.8 Å². The minimum atomic E-state index is -3.61. The first kappa shape index (κ1) is 18.6. The fraction of sp³-hybridized carbons (Fsp3) is 0.385. The van der Waals surface area contributed by atoms with E-state index in [0.717, 1.165) is 4.31 Å². The average Bonchev–Trinajstić information content (AvgIpc) is 2.43. The van der Waals surface area contributed by atoms with Crippen molar-refractivity contribution < 1.29 is 23.1 Å². The van der Waals surface area contributed by atoms with Gasteiger partial charge >= 0.3 is 5.97 Å². The van der Waals surface area contributed by atoms with Gasteiger partial charge in [0.25, 0.3) is 5.91 Å². The maximum absolute atomic E-state index is 12.1. The van der Waals surface area contributed by atoms with Gasteiger partial charge in [-0.15, -0.1) is 0 Å². The van der Waals surface area contributed by atoms with Crippen LogP contribution in [0.4, 0.5) is 0 Å². The lowest BCUT2D eigenvalue weighted by Gasteiger charge is -2.14. The molecule has 122 valence electrons. The molecule has 1 aromatic rings. The van der Waals surface area contributed by atoms with E-state index in [4.69, 9.17) is 5.11 Å². The quantitative estimate of drug-likeness (QED) is 0.755. The molecular weight excluding hydrogens is 376 g/mol. The van der Waals surface area contributed by atoms with Crippen LogP contribution in [0.5, 0.6) is 0 Å². The standard InChI is InChI=1S/C13H17BrN2O5S/c1-8(13(18)19)7-15-12(17)9-4-5-11(10(14)6-9)22(20,21)16(2)3/h4-6,8H,7H2,1-3H3,(H,15,17)(H,18,19). The number of hydrogen-bond donors (Lipinski definition) is 2. The largest absolute Gasteiger partial charge is 0.481 e. The van der Waals surface area contributed by atoms with Gasteiger partial charge in [-0.1, -0.05) is 6.92 Å². The minimum absolute atomic E-state index is 0.0104. The summed E-state index contributed by atoms with van der Waals surface area (Å²) >= 11 is 3.14. The molecule has 0 aromatic heterocycles. The van der Waals surface area contributed by atoms with Crippen LogP contribution >= 0.6 is 15.9 Å². The zero-order chi connectivity index (χ0) is 17.1. The monoisotopic (exact) mass is 392 g/mol. The Morgan fingerprint density at radius 3 is 2.41 bits per heavy atom. The van der Waals surface area contributed by atoms with E-state index in [1.807, 2.05) is 0 Å². The Balaban J connectivity index is 2.95. The van der Waals surface area contributed by atoms with Crippen molar-refractivity contribution in [2.75, 3.05) is 20.6 Å². The Bertz CT molecular complexity index is 688. The molecule has 0 saturated heterocycles. The highest BCUT2D eigenvalue weighted by molar-refractivity contribution is 9.10. The normalized spacial score (nSPS) is 13.0. The van der Waals surface area contributed by atoms with Crippen molar-refractivity contribution in [3.8, 4) is 0 Å². The van der Waals surface area contributed by atoms with E-state index in [9.17, 15) is 18.0 Å². The molecule has 1 unspecified atom stereocenters. The predicted octanol–water partition coefficient (Wildman–Crippen LogP) is 1.15. The summed E-state index contributed by atoms with van der Waals surface area (Å²) in [6.07, 6.45) is 0.